The second-order valence-corrected chi connectivity index (χ2v) is 5.57. The number of nitrogens with one attached hydrogen (secondary N) is 1. The SMILES string of the molecule is CCC1OCCC1CNc1c(Cl)cc(N)cc1C(=O)OC. The van der Waals surface area contributed by atoms with Crippen LogP contribution in [-0.2, 0) is 9.47 Å². The number of halogens is 1. The molecule has 6 heteroatoms. The lowest BCUT2D eigenvalue weighted by molar-refractivity contribution is 0.0602. The number of nitrogen functional groups attached to an aromatic ring is 1. The van der Waals surface area contributed by atoms with Gasteiger partial charge in [-0.15, -0.1) is 0 Å². The van der Waals surface area contributed by atoms with Gasteiger partial charge in [-0.3, -0.25) is 0 Å². The molecule has 0 spiro atoms. The number of carbonyl (C=O) groups excluding carboxylic acids is 1. The molecule has 1 aliphatic heterocycles. The Bertz CT molecular complexity index is 522. The molecular formula is C15H21ClN2O3. The van der Waals surface area contributed by atoms with Crippen molar-refractivity contribution in [1.82, 2.24) is 0 Å². The van der Waals surface area contributed by atoms with E-state index in [1.54, 1.807) is 12.1 Å². The first-order valence-corrected chi connectivity index (χ1v) is 7.47. The number of methoxy groups -OCH3 is 1. The molecule has 1 fully saturated rings. The third-order valence-corrected chi connectivity index (χ3v) is 4.11. The molecule has 1 aromatic rings. The number of rotatable bonds is 5. The van der Waals surface area contributed by atoms with E-state index in [0.717, 1.165) is 19.4 Å². The Balaban J connectivity index is 2.17. The largest absolute Gasteiger partial charge is 0.465 e. The van der Waals surface area contributed by atoms with Crippen molar-refractivity contribution in [2.45, 2.75) is 25.9 Å². The van der Waals surface area contributed by atoms with E-state index in [2.05, 4.69) is 12.2 Å². The molecule has 0 aliphatic carbocycles. The summed E-state index contributed by atoms with van der Waals surface area (Å²) in [4.78, 5) is 11.9. The Morgan fingerprint density at radius 1 is 1.57 bits per heavy atom. The van der Waals surface area contributed by atoms with Gasteiger partial charge in [-0.2, -0.15) is 0 Å². The van der Waals surface area contributed by atoms with Crippen LogP contribution in [0.5, 0.6) is 0 Å². The standard InChI is InChI=1S/C15H21ClN2O3/c1-3-13-9(4-5-21-13)8-18-14-11(15(19)20-2)6-10(17)7-12(14)16/h6-7,9,13,18H,3-5,8,17H2,1-2H3. The van der Waals surface area contributed by atoms with E-state index < -0.39 is 5.97 Å². The number of carbonyl (C=O) groups is 1. The van der Waals surface area contributed by atoms with Crippen molar-refractivity contribution < 1.29 is 14.3 Å². The molecule has 1 saturated heterocycles. The quantitative estimate of drug-likeness (QED) is 0.646. The van der Waals surface area contributed by atoms with Gasteiger partial charge >= 0.3 is 5.97 Å². The summed E-state index contributed by atoms with van der Waals surface area (Å²) in [5.41, 5.74) is 7.10. The molecule has 1 aliphatic rings. The molecule has 5 nitrogen and oxygen atoms in total. The maximum absolute atomic E-state index is 11.9. The zero-order chi connectivity index (χ0) is 15.4. The number of nitrogens with two attached hydrogens (primary N) is 1. The van der Waals surface area contributed by atoms with Gasteiger partial charge in [0.2, 0.25) is 0 Å². The Labute approximate surface area is 129 Å². The fraction of sp³-hybridized carbons (Fsp3) is 0.533. The van der Waals surface area contributed by atoms with Crippen LogP contribution in [0.3, 0.4) is 0 Å². The Kier molecular flexibility index (Phi) is 5.31. The van der Waals surface area contributed by atoms with E-state index in [4.69, 9.17) is 26.8 Å². The zero-order valence-electron chi connectivity index (χ0n) is 12.3. The summed E-state index contributed by atoms with van der Waals surface area (Å²) in [6, 6.07) is 3.20. The third-order valence-electron chi connectivity index (χ3n) is 3.81. The zero-order valence-corrected chi connectivity index (χ0v) is 13.1. The van der Waals surface area contributed by atoms with E-state index in [-0.39, 0.29) is 6.10 Å². The second kappa shape index (κ2) is 7.00. The normalized spacial score (nSPS) is 21.3. The predicted octanol–water partition coefficient (Wildman–Crippen LogP) is 2.94. The highest BCUT2D eigenvalue weighted by atomic mass is 35.5. The molecule has 0 amide bonds. The van der Waals surface area contributed by atoms with Gasteiger partial charge in [0.15, 0.2) is 0 Å². The number of esters is 1. The molecule has 1 aromatic carbocycles. The van der Waals surface area contributed by atoms with Crippen molar-refractivity contribution in [2.24, 2.45) is 5.92 Å². The Morgan fingerprint density at radius 3 is 3.00 bits per heavy atom. The summed E-state index contributed by atoms with van der Waals surface area (Å²) < 4.78 is 10.4. The maximum atomic E-state index is 11.9. The summed E-state index contributed by atoms with van der Waals surface area (Å²) in [7, 11) is 1.33. The van der Waals surface area contributed by atoms with Crippen LogP contribution in [0.4, 0.5) is 11.4 Å². The van der Waals surface area contributed by atoms with Crippen molar-refractivity contribution in [3.8, 4) is 0 Å². The van der Waals surface area contributed by atoms with Crippen LogP contribution in [0.1, 0.15) is 30.1 Å². The van der Waals surface area contributed by atoms with Crippen molar-refractivity contribution >= 4 is 28.9 Å². The van der Waals surface area contributed by atoms with Crippen molar-refractivity contribution in [3.05, 3.63) is 22.7 Å². The Hall–Kier alpha value is -1.46. The van der Waals surface area contributed by atoms with E-state index in [1.807, 2.05) is 0 Å². The second-order valence-electron chi connectivity index (χ2n) is 5.16. The van der Waals surface area contributed by atoms with Gasteiger partial charge in [-0.05, 0) is 25.0 Å². The molecule has 116 valence electrons. The van der Waals surface area contributed by atoms with Gasteiger partial charge in [-0.1, -0.05) is 18.5 Å². The van der Waals surface area contributed by atoms with Gasteiger partial charge in [0.25, 0.3) is 0 Å². The number of ether oxygens (including phenoxy) is 2. The van der Waals surface area contributed by atoms with E-state index in [0.29, 0.717) is 34.4 Å². The third kappa shape index (κ3) is 3.60. The first kappa shape index (κ1) is 15.9. The number of benzene rings is 1. The molecule has 0 bridgehead atoms. The van der Waals surface area contributed by atoms with Gasteiger partial charge in [0.05, 0.1) is 29.5 Å². The van der Waals surface area contributed by atoms with Gasteiger partial charge in [0.1, 0.15) is 0 Å². The molecule has 21 heavy (non-hydrogen) atoms. The fourth-order valence-electron chi connectivity index (χ4n) is 2.69. The van der Waals surface area contributed by atoms with Crippen molar-refractivity contribution in [1.29, 1.82) is 0 Å². The molecule has 0 aromatic heterocycles. The van der Waals surface area contributed by atoms with Gasteiger partial charge < -0.3 is 20.5 Å². The lowest BCUT2D eigenvalue weighted by Gasteiger charge is -2.20. The summed E-state index contributed by atoms with van der Waals surface area (Å²) in [6.45, 7) is 3.59. The summed E-state index contributed by atoms with van der Waals surface area (Å²) in [5.74, 6) is -0.0458. The van der Waals surface area contributed by atoms with Crippen LogP contribution < -0.4 is 11.1 Å². The highest BCUT2D eigenvalue weighted by molar-refractivity contribution is 6.34. The highest BCUT2D eigenvalue weighted by Gasteiger charge is 2.27. The summed E-state index contributed by atoms with van der Waals surface area (Å²) in [5, 5.41) is 3.68. The van der Waals surface area contributed by atoms with Crippen LogP contribution in [-0.4, -0.2) is 32.3 Å². The van der Waals surface area contributed by atoms with Crippen LogP contribution in [0.25, 0.3) is 0 Å². The van der Waals surface area contributed by atoms with Crippen molar-refractivity contribution in [2.75, 3.05) is 31.3 Å². The smallest absolute Gasteiger partial charge is 0.340 e. The lowest BCUT2D eigenvalue weighted by Crippen LogP contribution is -2.23. The predicted molar refractivity (Wildman–Crippen MR) is 83.8 cm³/mol. The molecule has 2 rings (SSSR count). The minimum absolute atomic E-state index is 0.256. The molecular weight excluding hydrogens is 292 g/mol. The molecule has 0 radical (unpaired) electrons. The first-order chi connectivity index (χ1) is 10.1. The van der Waals surface area contributed by atoms with Crippen LogP contribution in [0.2, 0.25) is 5.02 Å². The fourth-order valence-corrected chi connectivity index (χ4v) is 2.98. The summed E-state index contributed by atoms with van der Waals surface area (Å²) >= 11 is 6.21. The highest BCUT2D eigenvalue weighted by Crippen LogP contribution is 2.31. The molecule has 3 N–H and O–H groups in total. The molecule has 0 saturated carbocycles. The van der Waals surface area contributed by atoms with E-state index in [9.17, 15) is 4.79 Å². The minimum atomic E-state index is -0.457. The average molecular weight is 313 g/mol. The minimum Gasteiger partial charge on any atom is -0.465 e. The van der Waals surface area contributed by atoms with Crippen molar-refractivity contribution in [3.63, 3.8) is 0 Å². The van der Waals surface area contributed by atoms with E-state index in [1.165, 1.54) is 7.11 Å². The molecule has 1 heterocycles. The lowest BCUT2D eigenvalue weighted by atomic mass is 9.99. The van der Waals surface area contributed by atoms with Gasteiger partial charge in [0, 0.05) is 24.8 Å². The molecule has 2 unspecified atom stereocenters. The van der Waals surface area contributed by atoms with Crippen LogP contribution in [0.15, 0.2) is 12.1 Å². The topological polar surface area (TPSA) is 73.6 Å². The Morgan fingerprint density at radius 2 is 2.33 bits per heavy atom. The maximum Gasteiger partial charge on any atom is 0.340 e. The number of hydrogen-bond acceptors (Lipinski definition) is 5. The summed E-state index contributed by atoms with van der Waals surface area (Å²) in [6.07, 6.45) is 2.24. The average Bonchev–Trinajstić information content (AvgIpc) is 2.92. The van der Waals surface area contributed by atoms with Gasteiger partial charge in [-0.25, -0.2) is 4.79 Å². The monoisotopic (exact) mass is 312 g/mol. The van der Waals surface area contributed by atoms with Crippen LogP contribution >= 0.6 is 11.6 Å². The first-order valence-electron chi connectivity index (χ1n) is 7.09. The van der Waals surface area contributed by atoms with Crippen LogP contribution in [0, 0.1) is 5.92 Å². The van der Waals surface area contributed by atoms with E-state index >= 15 is 0 Å². The molecule has 2 atom stereocenters. The number of anilines is 2. The number of hydrogen-bond donors (Lipinski definition) is 2.